The largest absolute Gasteiger partial charge is 0.300 e. The molecule has 1 aliphatic carbocycles. The summed E-state index contributed by atoms with van der Waals surface area (Å²) >= 11 is 3.01. The van der Waals surface area contributed by atoms with Crippen LogP contribution in [0.5, 0.6) is 0 Å². The number of carbonyl (C=O) groups is 1. The van der Waals surface area contributed by atoms with Crippen molar-refractivity contribution in [3.63, 3.8) is 0 Å². The van der Waals surface area contributed by atoms with Crippen molar-refractivity contribution < 1.29 is 4.79 Å². The highest BCUT2D eigenvalue weighted by atomic mass is 32.1. The molecule has 7 heteroatoms. The molecular formula is C19H16N4OS2. The van der Waals surface area contributed by atoms with E-state index in [2.05, 4.69) is 40.6 Å². The molecule has 0 radical (unpaired) electrons. The number of amides is 1. The molecule has 0 spiro atoms. The van der Waals surface area contributed by atoms with Gasteiger partial charge in [-0.1, -0.05) is 17.4 Å². The van der Waals surface area contributed by atoms with Crippen molar-refractivity contribution in [3.05, 3.63) is 62.3 Å². The number of carbonyl (C=O) groups excluding carboxylic acids is 1. The summed E-state index contributed by atoms with van der Waals surface area (Å²) in [7, 11) is 0. The number of thiophene rings is 1. The third-order valence-corrected chi connectivity index (χ3v) is 6.60. The molecule has 1 amide bonds. The number of benzene rings is 1. The third-order valence-electron chi connectivity index (χ3n) is 4.93. The zero-order valence-corrected chi connectivity index (χ0v) is 15.9. The summed E-state index contributed by atoms with van der Waals surface area (Å²) in [6, 6.07) is 12.1. The predicted octanol–water partition coefficient (Wildman–Crippen LogP) is 4.11. The summed E-state index contributed by atoms with van der Waals surface area (Å²) < 4.78 is 0. The van der Waals surface area contributed by atoms with Crippen molar-refractivity contribution in [1.82, 2.24) is 10.2 Å². The number of nitriles is 1. The van der Waals surface area contributed by atoms with Crippen LogP contribution in [0.25, 0.3) is 0 Å². The van der Waals surface area contributed by atoms with E-state index in [9.17, 15) is 10.1 Å². The highest BCUT2D eigenvalue weighted by Crippen LogP contribution is 2.52. The smallest absolute Gasteiger partial charge is 0.233 e. The van der Waals surface area contributed by atoms with Crippen molar-refractivity contribution in [2.45, 2.75) is 26.2 Å². The van der Waals surface area contributed by atoms with Crippen molar-refractivity contribution >= 4 is 33.7 Å². The highest BCUT2D eigenvalue weighted by molar-refractivity contribution is 7.13. The second-order valence-corrected chi connectivity index (χ2v) is 8.85. The first-order chi connectivity index (χ1) is 12.5. The molecule has 26 heavy (non-hydrogen) atoms. The molecule has 1 aromatic carbocycles. The normalized spacial score (nSPS) is 21.2. The van der Waals surface area contributed by atoms with Gasteiger partial charge in [0, 0.05) is 15.7 Å². The lowest BCUT2D eigenvalue weighted by molar-refractivity contribution is -0.125. The molecule has 3 aromatic rings. The van der Waals surface area contributed by atoms with Crippen LogP contribution in [0.15, 0.2) is 35.8 Å². The summed E-state index contributed by atoms with van der Waals surface area (Å²) in [5, 5.41) is 20.4. The van der Waals surface area contributed by atoms with Gasteiger partial charge in [0.2, 0.25) is 11.0 Å². The van der Waals surface area contributed by atoms with Crippen LogP contribution in [0, 0.1) is 23.7 Å². The minimum absolute atomic E-state index is 0.0694. The molecule has 2 atom stereocenters. The number of fused-ring (bicyclic) bond motifs is 1. The van der Waals surface area contributed by atoms with Crippen LogP contribution >= 0.6 is 22.7 Å². The van der Waals surface area contributed by atoms with Gasteiger partial charge in [0.05, 0.1) is 17.0 Å². The first-order valence-corrected chi connectivity index (χ1v) is 9.88. The molecule has 0 saturated heterocycles. The SMILES string of the molecule is Cc1ccc([C@H]2c3cc(C#N)ccc3C[C@@]2(C)C(=O)Nc2nncs2)s1. The van der Waals surface area contributed by atoms with Crippen LogP contribution in [0.2, 0.25) is 0 Å². The minimum Gasteiger partial charge on any atom is -0.300 e. The molecule has 130 valence electrons. The fourth-order valence-electron chi connectivity index (χ4n) is 3.69. The molecule has 0 unspecified atom stereocenters. The number of hydrogen-bond acceptors (Lipinski definition) is 6. The second kappa shape index (κ2) is 6.31. The lowest BCUT2D eigenvalue weighted by atomic mass is 9.76. The van der Waals surface area contributed by atoms with Gasteiger partial charge in [-0.05, 0) is 55.7 Å². The molecule has 0 aliphatic heterocycles. The molecular weight excluding hydrogens is 364 g/mol. The van der Waals surface area contributed by atoms with Gasteiger partial charge in [-0.15, -0.1) is 21.5 Å². The van der Waals surface area contributed by atoms with Crippen molar-refractivity contribution in [2.75, 3.05) is 5.32 Å². The Morgan fingerprint density at radius 2 is 2.23 bits per heavy atom. The Morgan fingerprint density at radius 3 is 2.88 bits per heavy atom. The van der Waals surface area contributed by atoms with Gasteiger partial charge in [0.25, 0.3) is 0 Å². The van der Waals surface area contributed by atoms with Crippen LogP contribution in [0.1, 0.15) is 39.3 Å². The quantitative estimate of drug-likeness (QED) is 0.741. The number of aromatic nitrogens is 2. The molecule has 2 heterocycles. The van der Waals surface area contributed by atoms with Gasteiger partial charge in [0.15, 0.2) is 0 Å². The van der Waals surface area contributed by atoms with Gasteiger partial charge in [-0.2, -0.15) is 5.26 Å². The van der Waals surface area contributed by atoms with E-state index in [1.54, 1.807) is 16.8 Å². The van der Waals surface area contributed by atoms with Gasteiger partial charge in [0.1, 0.15) is 5.51 Å². The zero-order chi connectivity index (χ0) is 18.3. The third kappa shape index (κ3) is 2.71. The Labute approximate surface area is 159 Å². The highest BCUT2D eigenvalue weighted by Gasteiger charge is 2.49. The Kier molecular flexibility index (Phi) is 4.10. The van der Waals surface area contributed by atoms with E-state index in [0.29, 0.717) is 17.1 Å². The molecule has 1 aliphatic rings. The van der Waals surface area contributed by atoms with E-state index in [1.165, 1.54) is 16.2 Å². The molecule has 0 saturated carbocycles. The summed E-state index contributed by atoms with van der Waals surface area (Å²) in [5.41, 5.74) is 3.76. The number of hydrogen-bond donors (Lipinski definition) is 1. The van der Waals surface area contributed by atoms with Crippen LogP contribution in [0.4, 0.5) is 5.13 Å². The first kappa shape index (κ1) is 16.9. The standard InChI is InChI=1S/C19H16N4OS2/c1-11-3-6-15(26-11)16-14-7-12(9-20)4-5-13(14)8-19(16,2)17(24)22-18-23-21-10-25-18/h3-7,10,16H,8H2,1-2H3,(H,22,23,24)/t16-,19-/m1/s1. The fraction of sp³-hybridized carbons (Fsp3) is 0.263. The summed E-state index contributed by atoms with van der Waals surface area (Å²) in [6.07, 6.45) is 0.625. The number of aryl methyl sites for hydroxylation is 1. The maximum absolute atomic E-state index is 13.2. The fourth-order valence-corrected chi connectivity index (χ4v) is 5.28. The minimum atomic E-state index is -0.653. The lowest BCUT2D eigenvalue weighted by Gasteiger charge is -2.29. The number of anilines is 1. The van der Waals surface area contributed by atoms with E-state index >= 15 is 0 Å². The average Bonchev–Trinajstić information content (AvgIpc) is 3.33. The van der Waals surface area contributed by atoms with Crippen LogP contribution in [-0.4, -0.2) is 16.1 Å². The average molecular weight is 380 g/mol. The van der Waals surface area contributed by atoms with E-state index in [0.717, 1.165) is 16.0 Å². The zero-order valence-electron chi connectivity index (χ0n) is 14.3. The number of rotatable bonds is 3. The number of nitrogens with zero attached hydrogens (tertiary/aromatic N) is 3. The van der Waals surface area contributed by atoms with Crippen LogP contribution in [-0.2, 0) is 11.2 Å². The summed E-state index contributed by atoms with van der Waals surface area (Å²) in [4.78, 5) is 15.6. The molecule has 0 bridgehead atoms. The first-order valence-electron chi connectivity index (χ1n) is 8.18. The van der Waals surface area contributed by atoms with E-state index in [-0.39, 0.29) is 11.8 Å². The van der Waals surface area contributed by atoms with Gasteiger partial charge in [-0.3, -0.25) is 4.79 Å². The van der Waals surface area contributed by atoms with Crippen molar-refractivity contribution in [3.8, 4) is 6.07 Å². The molecule has 2 aromatic heterocycles. The number of nitrogens with one attached hydrogen (secondary N) is 1. The Bertz CT molecular complexity index is 1020. The summed E-state index contributed by atoms with van der Waals surface area (Å²) in [6.45, 7) is 4.06. The Hall–Kier alpha value is -2.56. The Balaban J connectivity index is 1.80. The topological polar surface area (TPSA) is 78.7 Å². The molecule has 5 nitrogen and oxygen atoms in total. The van der Waals surface area contributed by atoms with E-state index < -0.39 is 5.41 Å². The monoisotopic (exact) mass is 380 g/mol. The van der Waals surface area contributed by atoms with E-state index in [4.69, 9.17) is 0 Å². The van der Waals surface area contributed by atoms with E-state index in [1.807, 2.05) is 25.1 Å². The van der Waals surface area contributed by atoms with Gasteiger partial charge < -0.3 is 5.32 Å². The van der Waals surface area contributed by atoms with Gasteiger partial charge in [-0.25, -0.2) is 0 Å². The van der Waals surface area contributed by atoms with Crippen LogP contribution < -0.4 is 5.32 Å². The lowest BCUT2D eigenvalue weighted by Crippen LogP contribution is -2.37. The second-order valence-electron chi connectivity index (χ2n) is 6.70. The Morgan fingerprint density at radius 1 is 1.38 bits per heavy atom. The maximum Gasteiger partial charge on any atom is 0.233 e. The summed E-state index contributed by atoms with van der Waals surface area (Å²) in [5.74, 6) is -0.155. The van der Waals surface area contributed by atoms with Crippen molar-refractivity contribution in [1.29, 1.82) is 5.26 Å². The van der Waals surface area contributed by atoms with Crippen molar-refractivity contribution in [2.24, 2.45) is 5.41 Å². The van der Waals surface area contributed by atoms with Gasteiger partial charge >= 0.3 is 0 Å². The maximum atomic E-state index is 13.2. The molecule has 0 fully saturated rings. The predicted molar refractivity (Wildman–Crippen MR) is 102 cm³/mol. The molecule has 1 N–H and O–H groups in total. The molecule has 4 rings (SSSR count). The van der Waals surface area contributed by atoms with Crippen LogP contribution in [0.3, 0.4) is 0 Å².